The lowest BCUT2D eigenvalue weighted by molar-refractivity contribution is -0.0541. The van der Waals surface area contributed by atoms with Crippen LogP contribution in [-0.4, -0.2) is 49.8 Å². The lowest BCUT2D eigenvalue weighted by Gasteiger charge is -2.39. The molecule has 0 radical (unpaired) electrons. The Kier molecular flexibility index (Phi) is 5.80. The molecule has 2 atom stereocenters. The first-order valence-corrected chi connectivity index (χ1v) is 8.09. The van der Waals surface area contributed by atoms with Crippen LogP contribution in [0.4, 0.5) is 0 Å². The highest BCUT2D eigenvalue weighted by Gasteiger charge is 2.28. The number of nitrogens with one attached hydrogen (secondary N) is 1. The molecule has 0 amide bonds. The second-order valence-corrected chi connectivity index (χ2v) is 6.59. The summed E-state index contributed by atoms with van der Waals surface area (Å²) in [5.41, 5.74) is 4.08. The molecule has 21 heavy (non-hydrogen) atoms. The average molecular weight is 290 g/mol. The third-order valence-electron chi connectivity index (χ3n) is 4.41. The molecule has 0 saturated carbocycles. The highest BCUT2D eigenvalue weighted by molar-refractivity contribution is 5.29. The second-order valence-electron chi connectivity index (χ2n) is 6.59. The second kappa shape index (κ2) is 7.39. The summed E-state index contributed by atoms with van der Waals surface area (Å²) in [6, 6.07) is 7.78. The van der Waals surface area contributed by atoms with Gasteiger partial charge in [0.05, 0.1) is 12.7 Å². The van der Waals surface area contributed by atoms with E-state index in [1.54, 1.807) is 0 Å². The van der Waals surface area contributed by atoms with E-state index >= 15 is 0 Å². The van der Waals surface area contributed by atoms with Crippen LogP contribution in [0.2, 0.25) is 0 Å². The van der Waals surface area contributed by atoms with E-state index in [0.717, 1.165) is 26.1 Å². The van der Waals surface area contributed by atoms with Crippen LogP contribution in [0.3, 0.4) is 0 Å². The Morgan fingerprint density at radius 1 is 1.24 bits per heavy atom. The summed E-state index contributed by atoms with van der Waals surface area (Å²) >= 11 is 0. The Hall–Kier alpha value is -0.900. The zero-order valence-corrected chi connectivity index (χ0v) is 14.1. The van der Waals surface area contributed by atoms with Crippen LogP contribution >= 0.6 is 0 Å². The summed E-state index contributed by atoms with van der Waals surface area (Å²) in [6.45, 7) is 11.8. The van der Waals surface area contributed by atoms with Gasteiger partial charge in [-0.1, -0.05) is 29.3 Å². The molecular weight excluding hydrogens is 260 g/mol. The number of benzene rings is 1. The number of morpholine rings is 1. The molecule has 1 aliphatic rings. The van der Waals surface area contributed by atoms with Crippen molar-refractivity contribution in [3.8, 4) is 0 Å². The lowest BCUT2D eigenvalue weighted by Crippen LogP contribution is -2.53. The van der Waals surface area contributed by atoms with Crippen molar-refractivity contribution in [2.75, 3.05) is 26.7 Å². The SMILES string of the molecule is CNC(Cc1cc(C)cc(C)c1)C1CN(C(C)C)CCO1. The summed E-state index contributed by atoms with van der Waals surface area (Å²) in [5.74, 6) is 0. The summed E-state index contributed by atoms with van der Waals surface area (Å²) in [5, 5.41) is 3.47. The number of ether oxygens (including phenoxy) is 1. The van der Waals surface area contributed by atoms with Gasteiger partial charge in [0.1, 0.15) is 0 Å². The van der Waals surface area contributed by atoms with Gasteiger partial charge in [-0.25, -0.2) is 0 Å². The summed E-state index contributed by atoms with van der Waals surface area (Å²) in [4.78, 5) is 2.51. The van der Waals surface area contributed by atoms with E-state index in [9.17, 15) is 0 Å². The van der Waals surface area contributed by atoms with Crippen LogP contribution in [0.15, 0.2) is 18.2 Å². The number of aryl methyl sites for hydroxylation is 2. The van der Waals surface area contributed by atoms with E-state index in [0.29, 0.717) is 12.1 Å². The van der Waals surface area contributed by atoms with E-state index in [4.69, 9.17) is 4.74 Å². The number of hydrogen-bond donors (Lipinski definition) is 1. The fourth-order valence-electron chi connectivity index (χ4n) is 3.27. The molecule has 0 bridgehead atoms. The minimum Gasteiger partial charge on any atom is -0.374 e. The molecule has 1 saturated heterocycles. The van der Waals surface area contributed by atoms with Gasteiger partial charge in [-0.15, -0.1) is 0 Å². The highest BCUT2D eigenvalue weighted by atomic mass is 16.5. The number of rotatable bonds is 5. The predicted molar refractivity (Wildman–Crippen MR) is 88.9 cm³/mol. The standard InChI is InChI=1S/C18H30N2O/c1-13(2)20-6-7-21-18(12-20)17(19-5)11-16-9-14(3)8-15(4)10-16/h8-10,13,17-19H,6-7,11-12H2,1-5H3. The van der Waals surface area contributed by atoms with Crippen molar-refractivity contribution in [3.05, 3.63) is 34.9 Å². The van der Waals surface area contributed by atoms with Crippen LogP contribution in [0.1, 0.15) is 30.5 Å². The van der Waals surface area contributed by atoms with Crippen LogP contribution in [-0.2, 0) is 11.2 Å². The van der Waals surface area contributed by atoms with Crippen molar-refractivity contribution in [2.45, 2.75) is 52.3 Å². The van der Waals surface area contributed by atoms with Crippen molar-refractivity contribution in [1.29, 1.82) is 0 Å². The predicted octanol–water partition coefficient (Wildman–Crippen LogP) is 2.54. The Labute approximate surface area is 129 Å². The molecule has 1 aromatic carbocycles. The van der Waals surface area contributed by atoms with Crippen molar-refractivity contribution in [1.82, 2.24) is 10.2 Å². The Morgan fingerprint density at radius 3 is 2.48 bits per heavy atom. The quantitative estimate of drug-likeness (QED) is 0.902. The molecule has 2 unspecified atom stereocenters. The van der Waals surface area contributed by atoms with Gasteiger partial charge in [-0.2, -0.15) is 0 Å². The van der Waals surface area contributed by atoms with Crippen LogP contribution in [0.25, 0.3) is 0 Å². The summed E-state index contributed by atoms with van der Waals surface area (Å²) < 4.78 is 6.04. The summed E-state index contributed by atoms with van der Waals surface area (Å²) in [6.07, 6.45) is 1.29. The van der Waals surface area contributed by atoms with Gasteiger partial charge in [0, 0.05) is 25.2 Å². The molecule has 0 spiro atoms. The molecular formula is C18H30N2O. The van der Waals surface area contributed by atoms with Crippen LogP contribution in [0.5, 0.6) is 0 Å². The molecule has 0 aromatic heterocycles. The van der Waals surface area contributed by atoms with Gasteiger partial charge < -0.3 is 10.1 Å². The summed E-state index contributed by atoms with van der Waals surface area (Å²) in [7, 11) is 2.05. The highest BCUT2D eigenvalue weighted by Crippen LogP contribution is 2.17. The van der Waals surface area contributed by atoms with Gasteiger partial charge in [-0.3, -0.25) is 4.90 Å². The average Bonchev–Trinajstić information content (AvgIpc) is 2.44. The van der Waals surface area contributed by atoms with Crippen molar-refractivity contribution >= 4 is 0 Å². The normalized spacial score (nSPS) is 21.7. The van der Waals surface area contributed by atoms with Crippen molar-refractivity contribution in [2.24, 2.45) is 0 Å². The largest absolute Gasteiger partial charge is 0.374 e. The molecule has 1 heterocycles. The molecule has 1 N–H and O–H groups in total. The maximum Gasteiger partial charge on any atom is 0.0858 e. The molecule has 1 fully saturated rings. The van der Waals surface area contributed by atoms with Gasteiger partial charge in [-0.05, 0) is 46.7 Å². The first-order valence-electron chi connectivity index (χ1n) is 8.09. The molecule has 1 aromatic rings. The fraction of sp³-hybridized carbons (Fsp3) is 0.667. The van der Waals surface area contributed by atoms with Gasteiger partial charge >= 0.3 is 0 Å². The maximum atomic E-state index is 6.04. The van der Waals surface area contributed by atoms with Gasteiger partial charge in [0.2, 0.25) is 0 Å². The van der Waals surface area contributed by atoms with E-state index < -0.39 is 0 Å². The molecule has 0 aliphatic carbocycles. The number of hydrogen-bond acceptors (Lipinski definition) is 3. The monoisotopic (exact) mass is 290 g/mol. The van der Waals surface area contributed by atoms with E-state index in [1.807, 2.05) is 7.05 Å². The molecule has 3 nitrogen and oxygen atoms in total. The topological polar surface area (TPSA) is 24.5 Å². The minimum atomic E-state index is 0.270. The molecule has 118 valence electrons. The smallest absolute Gasteiger partial charge is 0.0858 e. The first kappa shape index (κ1) is 16.5. The van der Waals surface area contributed by atoms with Gasteiger partial charge in [0.15, 0.2) is 0 Å². The minimum absolute atomic E-state index is 0.270. The Balaban J connectivity index is 2.05. The molecule has 1 aliphatic heterocycles. The molecule has 2 rings (SSSR count). The van der Waals surface area contributed by atoms with Crippen molar-refractivity contribution < 1.29 is 4.74 Å². The zero-order chi connectivity index (χ0) is 15.4. The lowest BCUT2D eigenvalue weighted by atomic mass is 9.97. The third-order valence-corrected chi connectivity index (χ3v) is 4.41. The third kappa shape index (κ3) is 4.53. The van der Waals surface area contributed by atoms with E-state index in [2.05, 4.69) is 56.1 Å². The van der Waals surface area contributed by atoms with Crippen molar-refractivity contribution in [3.63, 3.8) is 0 Å². The molecule has 3 heteroatoms. The van der Waals surface area contributed by atoms with Crippen LogP contribution in [0, 0.1) is 13.8 Å². The number of likely N-dealkylation sites (N-methyl/N-ethyl adjacent to an activating group) is 1. The first-order chi connectivity index (χ1) is 9.99. The van der Waals surface area contributed by atoms with E-state index in [1.165, 1.54) is 16.7 Å². The maximum absolute atomic E-state index is 6.04. The zero-order valence-electron chi connectivity index (χ0n) is 14.1. The van der Waals surface area contributed by atoms with E-state index in [-0.39, 0.29) is 6.10 Å². The number of nitrogens with zero attached hydrogens (tertiary/aromatic N) is 1. The Morgan fingerprint density at radius 2 is 1.90 bits per heavy atom. The van der Waals surface area contributed by atoms with Crippen LogP contribution < -0.4 is 5.32 Å². The van der Waals surface area contributed by atoms with Gasteiger partial charge in [0.25, 0.3) is 0 Å². The fourth-order valence-corrected chi connectivity index (χ4v) is 3.27. The Bertz CT molecular complexity index is 438.